The van der Waals surface area contributed by atoms with Crippen molar-refractivity contribution in [3.8, 4) is 0 Å². The quantitative estimate of drug-likeness (QED) is 0.423. The summed E-state index contributed by atoms with van der Waals surface area (Å²) in [5.41, 5.74) is 1.77. The second kappa shape index (κ2) is 5.90. The molecule has 0 aliphatic rings. The number of para-hydroxylation sites is 1. The summed E-state index contributed by atoms with van der Waals surface area (Å²) in [6.07, 6.45) is 1.51. The predicted octanol–water partition coefficient (Wildman–Crippen LogP) is 3.08. The normalized spacial score (nSPS) is 12.3. The van der Waals surface area contributed by atoms with Crippen molar-refractivity contribution in [2.75, 3.05) is 0 Å². The molecular formula is C15H12N4O2S. The van der Waals surface area contributed by atoms with E-state index >= 15 is 0 Å². The lowest BCUT2D eigenvalue weighted by Gasteiger charge is -1.93. The van der Waals surface area contributed by atoms with E-state index < -0.39 is 4.92 Å². The number of benzene rings is 2. The number of aromatic nitrogens is 1. The van der Waals surface area contributed by atoms with Crippen molar-refractivity contribution >= 4 is 33.5 Å². The van der Waals surface area contributed by atoms with Gasteiger partial charge in [0, 0.05) is 24.7 Å². The summed E-state index contributed by atoms with van der Waals surface area (Å²) in [6, 6.07) is 14.3. The van der Waals surface area contributed by atoms with Gasteiger partial charge in [0.05, 0.1) is 21.4 Å². The Hall–Kier alpha value is -2.80. The molecule has 1 aromatic heterocycles. The molecule has 0 fully saturated rings. The van der Waals surface area contributed by atoms with E-state index in [2.05, 4.69) is 10.2 Å². The van der Waals surface area contributed by atoms with Gasteiger partial charge in [0.15, 0.2) is 0 Å². The largest absolute Gasteiger partial charge is 0.318 e. The highest BCUT2D eigenvalue weighted by Crippen LogP contribution is 2.15. The molecule has 3 rings (SSSR count). The molecule has 0 aliphatic heterocycles. The first kappa shape index (κ1) is 14.2. The molecule has 0 radical (unpaired) electrons. The van der Waals surface area contributed by atoms with Gasteiger partial charge in [0.1, 0.15) is 0 Å². The van der Waals surface area contributed by atoms with Crippen LogP contribution >= 0.6 is 11.3 Å². The Morgan fingerprint density at radius 2 is 2.05 bits per heavy atom. The van der Waals surface area contributed by atoms with Crippen molar-refractivity contribution in [2.45, 2.75) is 0 Å². The van der Waals surface area contributed by atoms with Gasteiger partial charge in [-0.1, -0.05) is 35.6 Å². The van der Waals surface area contributed by atoms with Crippen LogP contribution in [0.1, 0.15) is 5.56 Å². The lowest BCUT2D eigenvalue weighted by Crippen LogP contribution is -2.08. The monoisotopic (exact) mass is 312 g/mol. The van der Waals surface area contributed by atoms with E-state index in [-0.39, 0.29) is 5.69 Å². The molecule has 0 aliphatic carbocycles. The van der Waals surface area contributed by atoms with Gasteiger partial charge in [-0.3, -0.25) is 10.1 Å². The Morgan fingerprint density at radius 1 is 1.23 bits per heavy atom. The number of fused-ring (bicyclic) bond motifs is 1. The van der Waals surface area contributed by atoms with E-state index in [4.69, 9.17) is 0 Å². The Labute approximate surface area is 129 Å². The fourth-order valence-electron chi connectivity index (χ4n) is 2.04. The van der Waals surface area contributed by atoms with E-state index in [1.54, 1.807) is 23.5 Å². The predicted molar refractivity (Wildman–Crippen MR) is 87.0 cm³/mol. The van der Waals surface area contributed by atoms with Gasteiger partial charge < -0.3 is 4.57 Å². The van der Waals surface area contributed by atoms with E-state index in [9.17, 15) is 10.1 Å². The molecule has 0 amide bonds. The molecule has 0 atom stereocenters. The van der Waals surface area contributed by atoms with Crippen LogP contribution < -0.4 is 4.80 Å². The first-order valence-corrected chi connectivity index (χ1v) is 7.33. The number of nitrogens with zero attached hydrogens (tertiary/aromatic N) is 4. The zero-order chi connectivity index (χ0) is 15.5. The first-order valence-electron chi connectivity index (χ1n) is 6.51. The topological polar surface area (TPSA) is 72.8 Å². The van der Waals surface area contributed by atoms with E-state index in [0.29, 0.717) is 5.56 Å². The van der Waals surface area contributed by atoms with Crippen molar-refractivity contribution < 1.29 is 4.92 Å². The highest BCUT2D eigenvalue weighted by Gasteiger charge is 2.04. The number of aryl methyl sites for hydroxylation is 1. The van der Waals surface area contributed by atoms with Crippen LogP contribution in [-0.4, -0.2) is 15.7 Å². The highest BCUT2D eigenvalue weighted by atomic mass is 32.1. The second-order valence-electron chi connectivity index (χ2n) is 4.61. The van der Waals surface area contributed by atoms with Crippen LogP contribution in [0.5, 0.6) is 0 Å². The maximum Gasteiger partial charge on any atom is 0.270 e. The van der Waals surface area contributed by atoms with E-state index in [1.807, 2.05) is 35.9 Å². The van der Waals surface area contributed by atoms with Crippen molar-refractivity contribution in [3.05, 3.63) is 69.0 Å². The Bertz CT molecular complexity index is 940. The van der Waals surface area contributed by atoms with Gasteiger partial charge in [-0.05, 0) is 12.1 Å². The average molecular weight is 312 g/mol. The molecule has 7 heteroatoms. The Morgan fingerprint density at radius 3 is 2.82 bits per heavy atom. The molecule has 0 saturated heterocycles. The summed E-state index contributed by atoms with van der Waals surface area (Å²) in [5, 5.41) is 19.0. The van der Waals surface area contributed by atoms with Gasteiger partial charge in [0.2, 0.25) is 4.80 Å². The minimum absolute atomic E-state index is 0.0383. The molecule has 6 nitrogen and oxygen atoms in total. The molecule has 0 unspecified atom stereocenters. The summed E-state index contributed by atoms with van der Waals surface area (Å²) in [4.78, 5) is 11.1. The average Bonchev–Trinajstić information content (AvgIpc) is 2.85. The minimum atomic E-state index is -0.430. The van der Waals surface area contributed by atoms with Gasteiger partial charge in [-0.15, -0.1) is 5.10 Å². The van der Waals surface area contributed by atoms with Gasteiger partial charge in [-0.25, -0.2) is 0 Å². The van der Waals surface area contributed by atoms with Crippen LogP contribution in [0.2, 0.25) is 0 Å². The molecule has 1 heterocycles. The van der Waals surface area contributed by atoms with Crippen molar-refractivity contribution in [2.24, 2.45) is 17.3 Å². The number of nitro groups is 1. The molecular weight excluding hydrogens is 300 g/mol. The van der Waals surface area contributed by atoms with Crippen molar-refractivity contribution in [1.29, 1.82) is 0 Å². The standard InChI is InChI=1S/C15H12N4O2S/c1-18-13-7-2-3-8-14(13)22-15(18)17-16-10-11-5-4-6-12(9-11)19(20)21/h2-10H,1H3. The summed E-state index contributed by atoms with van der Waals surface area (Å²) in [7, 11) is 1.93. The molecule has 3 aromatic rings. The highest BCUT2D eigenvalue weighted by molar-refractivity contribution is 7.16. The van der Waals surface area contributed by atoms with Gasteiger partial charge in [-0.2, -0.15) is 5.10 Å². The zero-order valence-corrected chi connectivity index (χ0v) is 12.5. The molecule has 0 spiro atoms. The Kier molecular flexibility index (Phi) is 3.80. The van der Waals surface area contributed by atoms with Crippen LogP contribution in [0.15, 0.2) is 58.7 Å². The molecule has 22 heavy (non-hydrogen) atoms. The Balaban J connectivity index is 1.93. The third-order valence-electron chi connectivity index (χ3n) is 3.15. The molecule has 0 saturated carbocycles. The molecule has 110 valence electrons. The number of non-ortho nitro benzene ring substituents is 1. The van der Waals surface area contributed by atoms with Crippen LogP contribution in [0, 0.1) is 10.1 Å². The van der Waals surface area contributed by atoms with Gasteiger partial charge in [0.25, 0.3) is 5.69 Å². The summed E-state index contributed by atoms with van der Waals surface area (Å²) < 4.78 is 3.10. The van der Waals surface area contributed by atoms with Crippen molar-refractivity contribution in [1.82, 2.24) is 4.57 Å². The summed E-state index contributed by atoms with van der Waals surface area (Å²) in [6.45, 7) is 0. The van der Waals surface area contributed by atoms with Crippen LogP contribution in [0.3, 0.4) is 0 Å². The van der Waals surface area contributed by atoms with Crippen LogP contribution in [0.25, 0.3) is 10.2 Å². The maximum atomic E-state index is 10.7. The SMILES string of the molecule is Cn1c(=NN=Cc2cccc([N+](=O)[O-])c2)sc2ccccc21. The lowest BCUT2D eigenvalue weighted by molar-refractivity contribution is -0.384. The lowest BCUT2D eigenvalue weighted by atomic mass is 10.2. The minimum Gasteiger partial charge on any atom is -0.318 e. The second-order valence-corrected chi connectivity index (χ2v) is 5.62. The van der Waals surface area contributed by atoms with E-state index in [0.717, 1.165) is 15.0 Å². The smallest absolute Gasteiger partial charge is 0.270 e. The maximum absolute atomic E-state index is 10.7. The summed E-state index contributed by atoms with van der Waals surface area (Å²) in [5.74, 6) is 0. The third-order valence-corrected chi connectivity index (χ3v) is 4.25. The number of thiazole rings is 1. The van der Waals surface area contributed by atoms with Gasteiger partial charge >= 0.3 is 0 Å². The molecule has 2 aromatic carbocycles. The van der Waals surface area contributed by atoms with E-state index in [1.165, 1.54) is 18.3 Å². The first-order chi connectivity index (χ1) is 10.6. The zero-order valence-electron chi connectivity index (χ0n) is 11.7. The molecule has 0 N–H and O–H groups in total. The molecule has 0 bridgehead atoms. The number of rotatable bonds is 3. The number of hydrogen-bond acceptors (Lipinski definition) is 5. The summed E-state index contributed by atoms with van der Waals surface area (Å²) >= 11 is 1.54. The van der Waals surface area contributed by atoms with Crippen LogP contribution in [0.4, 0.5) is 5.69 Å². The number of hydrogen-bond donors (Lipinski definition) is 0. The van der Waals surface area contributed by atoms with Crippen LogP contribution in [-0.2, 0) is 7.05 Å². The van der Waals surface area contributed by atoms with Crippen molar-refractivity contribution in [3.63, 3.8) is 0 Å². The third kappa shape index (κ3) is 2.79. The fourth-order valence-corrected chi connectivity index (χ4v) is 3.02. The number of nitro benzene ring substituents is 1. The fraction of sp³-hybridized carbons (Fsp3) is 0.0667.